The largest absolute Gasteiger partial charge is 0.508 e. The molecule has 0 aromatic heterocycles. The Morgan fingerprint density at radius 3 is 2.72 bits per heavy atom. The summed E-state index contributed by atoms with van der Waals surface area (Å²) < 4.78 is 5.25. The first-order valence-electron chi connectivity index (χ1n) is 10.4. The van der Waals surface area contributed by atoms with E-state index in [9.17, 15) is 5.11 Å². The highest BCUT2D eigenvalue weighted by atomic mass is 16.5. The maximum Gasteiger partial charge on any atom is 0.192 e. The Bertz CT molecular complexity index is 831. The highest BCUT2D eigenvalue weighted by Crippen LogP contribution is 2.25. The first-order chi connectivity index (χ1) is 14.1. The molecule has 156 valence electrons. The average Bonchev–Trinajstić information content (AvgIpc) is 3.28. The Labute approximate surface area is 173 Å². The van der Waals surface area contributed by atoms with Gasteiger partial charge in [0, 0.05) is 30.9 Å². The average molecular weight is 397 g/mol. The van der Waals surface area contributed by atoms with E-state index < -0.39 is 0 Å². The van der Waals surface area contributed by atoms with Crippen LogP contribution < -0.4 is 20.3 Å². The lowest BCUT2D eigenvalue weighted by molar-refractivity contribution is 0.411. The van der Waals surface area contributed by atoms with E-state index in [0.717, 1.165) is 25.2 Å². The zero-order chi connectivity index (χ0) is 20.6. The van der Waals surface area contributed by atoms with Crippen LogP contribution in [0.15, 0.2) is 47.5 Å². The Hall–Kier alpha value is -2.89. The predicted octanol–water partition coefficient (Wildman–Crippen LogP) is 3.82. The molecule has 3 rings (SSSR count). The van der Waals surface area contributed by atoms with Crippen LogP contribution in [0.25, 0.3) is 0 Å². The molecular formula is C23H32N4O2. The quantitative estimate of drug-likeness (QED) is 0.490. The molecule has 1 aliphatic heterocycles. The minimum absolute atomic E-state index is 0.106. The monoisotopic (exact) mass is 396 g/mol. The first-order valence-corrected chi connectivity index (χ1v) is 10.4. The molecule has 29 heavy (non-hydrogen) atoms. The molecule has 6 nitrogen and oxygen atoms in total. The van der Waals surface area contributed by atoms with Gasteiger partial charge in [-0.2, -0.15) is 0 Å². The zero-order valence-electron chi connectivity index (χ0n) is 17.6. The summed E-state index contributed by atoms with van der Waals surface area (Å²) in [7, 11) is 1.61. The Balaban J connectivity index is 1.71. The molecule has 1 aliphatic rings. The molecule has 0 bridgehead atoms. The van der Waals surface area contributed by atoms with E-state index in [1.54, 1.807) is 19.2 Å². The fraction of sp³-hybridized carbons (Fsp3) is 0.435. The number of hydrogen-bond donors (Lipinski definition) is 3. The number of aromatic hydroxyl groups is 1. The van der Waals surface area contributed by atoms with Crippen molar-refractivity contribution < 1.29 is 9.84 Å². The van der Waals surface area contributed by atoms with Crippen molar-refractivity contribution in [3.8, 4) is 11.5 Å². The van der Waals surface area contributed by atoms with Gasteiger partial charge < -0.3 is 25.4 Å². The molecule has 6 heteroatoms. The van der Waals surface area contributed by atoms with Crippen LogP contribution in [-0.2, 0) is 6.54 Å². The summed E-state index contributed by atoms with van der Waals surface area (Å²) in [5, 5.41) is 16.9. The van der Waals surface area contributed by atoms with Gasteiger partial charge in [-0.15, -0.1) is 0 Å². The molecule has 1 heterocycles. The van der Waals surface area contributed by atoms with Gasteiger partial charge in [-0.1, -0.05) is 12.1 Å². The third-order valence-electron chi connectivity index (χ3n) is 5.23. The van der Waals surface area contributed by atoms with Crippen LogP contribution in [0.3, 0.4) is 0 Å². The summed E-state index contributed by atoms with van der Waals surface area (Å²) in [6, 6.07) is 14.0. The molecule has 0 saturated carbocycles. The molecule has 0 amide bonds. The Morgan fingerprint density at radius 1 is 1.21 bits per heavy atom. The van der Waals surface area contributed by atoms with E-state index in [4.69, 9.17) is 4.74 Å². The van der Waals surface area contributed by atoms with Gasteiger partial charge in [0.25, 0.3) is 0 Å². The van der Waals surface area contributed by atoms with Gasteiger partial charge in [-0.3, -0.25) is 0 Å². The van der Waals surface area contributed by atoms with E-state index in [1.807, 2.05) is 13.0 Å². The molecule has 0 aliphatic carbocycles. The third kappa shape index (κ3) is 5.56. The summed E-state index contributed by atoms with van der Waals surface area (Å²) >= 11 is 0. The summed E-state index contributed by atoms with van der Waals surface area (Å²) in [4.78, 5) is 7.10. The van der Waals surface area contributed by atoms with Gasteiger partial charge >= 0.3 is 0 Å². The number of benzene rings is 2. The molecular weight excluding hydrogens is 364 g/mol. The minimum Gasteiger partial charge on any atom is -0.508 e. The van der Waals surface area contributed by atoms with Crippen molar-refractivity contribution in [1.82, 2.24) is 10.6 Å². The van der Waals surface area contributed by atoms with Gasteiger partial charge in [-0.05, 0) is 62.6 Å². The number of phenols is 1. The number of ether oxygens (including phenoxy) is 1. The third-order valence-corrected chi connectivity index (χ3v) is 5.23. The van der Waals surface area contributed by atoms with Crippen LogP contribution in [0.1, 0.15) is 43.9 Å². The minimum atomic E-state index is 0.106. The lowest BCUT2D eigenvalue weighted by atomic mass is 10.1. The highest BCUT2D eigenvalue weighted by Gasteiger charge is 2.14. The standard InChI is InChI=1S/C23H32N4O2/c1-4-24-23(25-16-19-15-21(29-3)10-11-22(19)28)26-17(2)18-8-7-9-20(14-18)27-12-5-6-13-27/h7-11,14-15,17,28H,4-6,12-13,16H2,1-3H3,(H2,24,25,26). The van der Waals surface area contributed by atoms with Gasteiger partial charge in [0.1, 0.15) is 11.5 Å². The number of anilines is 1. The van der Waals surface area contributed by atoms with Crippen LogP contribution in [0.2, 0.25) is 0 Å². The van der Waals surface area contributed by atoms with Gasteiger partial charge in [-0.25, -0.2) is 4.99 Å². The van der Waals surface area contributed by atoms with Crippen molar-refractivity contribution in [3.63, 3.8) is 0 Å². The second-order valence-electron chi connectivity index (χ2n) is 7.34. The highest BCUT2D eigenvalue weighted by molar-refractivity contribution is 5.80. The van der Waals surface area contributed by atoms with E-state index >= 15 is 0 Å². The topological polar surface area (TPSA) is 69.1 Å². The molecule has 1 saturated heterocycles. The SMILES string of the molecule is CCNC(=NCc1cc(OC)ccc1O)NC(C)c1cccc(N2CCCC2)c1. The van der Waals surface area contributed by atoms with Crippen LogP contribution in [0.5, 0.6) is 11.5 Å². The number of rotatable bonds is 7. The molecule has 1 fully saturated rings. The number of nitrogens with one attached hydrogen (secondary N) is 2. The van der Waals surface area contributed by atoms with Crippen molar-refractivity contribution in [2.24, 2.45) is 4.99 Å². The molecule has 0 radical (unpaired) electrons. The van der Waals surface area contributed by atoms with Crippen LogP contribution in [-0.4, -0.2) is 37.8 Å². The lowest BCUT2D eigenvalue weighted by Gasteiger charge is -2.22. The molecule has 0 spiro atoms. The van der Waals surface area contributed by atoms with Gasteiger partial charge in [0.05, 0.1) is 19.7 Å². The number of methoxy groups -OCH3 is 1. The van der Waals surface area contributed by atoms with Crippen molar-refractivity contribution >= 4 is 11.6 Å². The van der Waals surface area contributed by atoms with Crippen molar-refractivity contribution in [1.29, 1.82) is 0 Å². The number of aliphatic imine (C=N–C) groups is 1. The van der Waals surface area contributed by atoms with E-state index in [1.165, 1.54) is 24.1 Å². The van der Waals surface area contributed by atoms with E-state index in [-0.39, 0.29) is 11.8 Å². The van der Waals surface area contributed by atoms with E-state index in [0.29, 0.717) is 18.3 Å². The van der Waals surface area contributed by atoms with Crippen LogP contribution >= 0.6 is 0 Å². The maximum atomic E-state index is 10.1. The predicted molar refractivity (Wildman–Crippen MR) is 119 cm³/mol. The Morgan fingerprint density at radius 2 is 2.00 bits per heavy atom. The van der Waals surface area contributed by atoms with Crippen molar-refractivity contribution in [2.75, 3.05) is 31.6 Å². The lowest BCUT2D eigenvalue weighted by Crippen LogP contribution is -2.38. The maximum absolute atomic E-state index is 10.1. The summed E-state index contributed by atoms with van der Waals surface area (Å²) in [5.74, 6) is 1.64. The zero-order valence-corrected chi connectivity index (χ0v) is 17.6. The van der Waals surface area contributed by atoms with E-state index in [2.05, 4.69) is 51.7 Å². The smallest absolute Gasteiger partial charge is 0.192 e. The molecule has 1 unspecified atom stereocenters. The van der Waals surface area contributed by atoms with Crippen molar-refractivity contribution in [3.05, 3.63) is 53.6 Å². The van der Waals surface area contributed by atoms with Gasteiger partial charge in [0.2, 0.25) is 0 Å². The second kappa shape index (κ2) is 10.0. The second-order valence-corrected chi connectivity index (χ2v) is 7.34. The van der Waals surface area contributed by atoms with Gasteiger partial charge in [0.15, 0.2) is 5.96 Å². The summed E-state index contributed by atoms with van der Waals surface area (Å²) in [6.07, 6.45) is 2.54. The summed E-state index contributed by atoms with van der Waals surface area (Å²) in [5.41, 5.74) is 3.24. The fourth-order valence-electron chi connectivity index (χ4n) is 3.55. The fourth-order valence-corrected chi connectivity index (χ4v) is 3.55. The van der Waals surface area contributed by atoms with Crippen LogP contribution in [0, 0.1) is 0 Å². The molecule has 3 N–H and O–H groups in total. The molecule has 1 atom stereocenters. The number of hydrogen-bond acceptors (Lipinski definition) is 4. The Kier molecular flexibility index (Phi) is 7.22. The van der Waals surface area contributed by atoms with Crippen molar-refractivity contribution in [2.45, 2.75) is 39.3 Å². The molecule has 2 aromatic carbocycles. The molecule has 2 aromatic rings. The number of guanidine groups is 1. The number of nitrogens with zero attached hydrogens (tertiary/aromatic N) is 2. The van der Waals surface area contributed by atoms with Crippen LogP contribution in [0.4, 0.5) is 5.69 Å². The normalized spacial score (nSPS) is 15.3. The first kappa shape index (κ1) is 20.8. The summed E-state index contributed by atoms with van der Waals surface area (Å²) in [6.45, 7) is 7.58. The number of phenolic OH excluding ortho intramolecular Hbond substituents is 1.